The van der Waals surface area contributed by atoms with E-state index >= 15 is 0 Å². The predicted molar refractivity (Wildman–Crippen MR) is 71.6 cm³/mol. The molecule has 102 valence electrons. The van der Waals surface area contributed by atoms with Crippen molar-refractivity contribution in [2.75, 3.05) is 11.5 Å². The maximum atomic E-state index is 10.6. The zero-order valence-corrected chi connectivity index (χ0v) is 11.6. The fourth-order valence-electron chi connectivity index (χ4n) is 1.75. The Bertz CT molecular complexity index is 394. The van der Waals surface area contributed by atoms with Gasteiger partial charge in [0.1, 0.15) is 0 Å². The summed E-state index contributed by atoms with van der Waals surface area (Å²) in [7, 11) is 0. The average Bonchev–Trinajstić information content (AvgIpc) is 2.68. The summed E-state index contributed by atoms with van der Waals surface area (Å²) < 4.78 is 1.82. The molecule has 1 unspecified atom stereocenters. The molecule has 18 heavy (non-hydrogen) atoms. The second kappa shape index (κ2) is 7.25. The van der Waals surface area contributed by atoms with E-state index in [9.17, 15) is 4.79 Å². The highest BCUT2D eigenvalue weighted by Crippen LogP contribution is 2.25. The summed E-state index contributed by atoms with van der Waals surface area (Å²) >= 11 is 1.15. The highest BCUT2D eigenvalue weighted by atomic mass is 32.2. The normalized spacial score (nSPS) is 12.6. The number of hydrogen-bond donors (Lipinski definition) is 2. The largest absolute Gasteiger partial charge is 0.481 e. The minimum absolute atomic E-state index is 0.0280. The van der Waals surface area contributed by atoms with E-state index in [1.807, 2.05) is 4.57 Å². The molecular weight excluding hydrogens is 252 g/mol. The average molecular weight is 272 g/mol. The molecule has 0 bridgehead atoms. The molecule has 1 atom stereocenters. The third-order valence-corrected chi connectivity index (χ3v) is 3.61. The fourth-order valence-corrected chi connectivity index (χ4v) is 2.51. The fraction of sp³-hybridized carbons (Fsp3) is 0.727. The van der Waals surface area contributed by atoms with Crippen molar-refractivity contribution in [3.05, 3.63) is 0 Å². The molecule has 0 saturated carbocycles. The summed E-state index contributed by atoms with van der Waals surface area (Å²) in [5, 5.41) is 17.0. The maximum Gasteiger partial charge on any atom is 0.313 e. The molecule has 0 spiro atoms. The number of aromatic nitrogens is 3. The van der Waals surface area contributed by atoms with Crippen LogP contribution in [0.25, 0.3) is 0 Å². The number of thioether (sulfide) groups is 1. The van der Waals surface area contributed by atoms with Gasteiger partial charge in [-0.2, -0.15) is 0 Å². The van der Waals surface area contributed by atoms with Gasteiger partial charge in [-0.1, -0.05) is 37.9 Å². The minimum atomic E-state index is -0.869. The molecule has 7 heteroatoms. The molecule has 0 fully saturated rings. The van der Waals surface area contributed by atoms with Gasteiger partial charge in [0.15, 0.2) is 5.16 Å². The van der Waals surface area contributed by atoms with Crippen LogP contribution >= 0.6 is 11.8 Å². The van der Waals surface area contributed by atoms with Crippen molar-refractivity contribution < 1.29 is 9.90 Å². The van der Waals surface area contributed by atoms with Crippen LogP contribution in [0.4, 0.5) is 5.95 Å². The summed E-state index contributed by atoms with van der Waals surface area (Å²) in [6.45, 7) is 4.21. The lowest BCUT2D eigenvalue weighted by atomic mass is 10.1. The number of carbonyl (C=O) groups is 1. The van der Waals surface area contributed by atoms with Crippen LogP contribution in [0.5, 0.6) is 0 Å². The summed E-state index contributed by atoms with van der Waals surface area (Å²) in [6, 6.07) is 0.197. The van der Waals surface area contributed by atoms with Crippen LogP contribution < -0.4 is 5.73 Å². The Balaban J connectivity index is 2.67. The summed E-state index contributed by atoms with van der Waals surface area (Å²) in [5.74, 6) is -0.543. The molecule has 0 aliphatic carbocycles. The minimum Gasteiger partial charge on any atom is -0.481 e. The van der Waals surface area contributed by atoms with Crippen molar-refractivity contribution >= 4 is 23.7 Å². The number of anilines is 1. The number of aliphatic carboxylic acids is 1. The lowest BCUT2D eigenvalue weighted by molar-refractivity contribution is -0.133. The quantitative estimate of drug-likeness (QED) is 0.556. The van der Waals surface area contributed by atoms with Gasteiger partial charge < -0.3 is 10.8 Å². The van der Waals surface area contributed by atoms with E-state index in [1.54, 1.807) is 0 Å². The van der Waals surface area contributed by atoms with E-state index in [4.69, 9.17) is 10.8 Å². The van der Waals surface area contributed by atoms with Crippen molar-refractivity contribution in [3.63, 3.8) is 0 Å². The molecule has 3 N–H and O–H groups in total. The first-order valence-electron chi connectivity index (χ1n) is 6.11. The number of nitrogens with zero attached hydrogens (tertiary/aromatic N) is 3. The Kier molecular flexibility index (Phi) is 5.97. The van der Waals surface area contributed by atoms with Gasteiger partial charge >= 0.3 is 5.97 Å². The van der Waals surface area contributed by atoms with Crippen molar-refractivity contribution in [2.24, 2.45) is 0 Å². The van der Waals surface area contributed by atoms with Crippen LogP contribution in [0.15, 0.2) is 5.16 Å². The summed E-state index contributed by atoms with van der Waals surface area (Å²) in [5.41, 5.74) is 5.78. The molecule has 0 saturated heterocycles. The van der Waals surface area contributed by atoms with Gasteiger partial charge in [-0.15, -0.1) is 10.2 Å². The zero-order valence-electron chi connectivity index (χ0n) is 10.8. The second-order valence-electron chi connectivity index (χ2n) is 4.24. The number of hydrogen-bond acceptors (Lipinski definition) is 5. The smallest absolute Gasteiger partial charge is 0.313 e. The van der Waals surface area contributed by atoms with Crippen LogP contribution in [0.3, 0.4) is 0 Å². The monoisotopic (exact) mass is 272 g/mol. The molecule has 1 aromatic rings. The van der Waals surface area contributed by atoms with Crippen LogP contribution in [-0.4, -0.2) is 31.6 Å². The number of unbranched alkanes of at least 4 members (excludes halogenated alkanes) is 2. The van der Waals surface area contributed by atoms with E-state index in [0.717, 1.165) is 24.6 Å². The Hall–Kier alpha value is -1.24. The van der Waals surface area contributed by atoms with Gasteiger partial charge in [-0.05, 0) is 13.3 Å². The highest BCUT2D eigenvalue weighted by molar-refractivity contribution is 7.99. The third-order valence-electron chi connectivity index (χ3n) is 2.68. The van der Waals surface area contributed by atoms with Crippen molar-refractivity contribution in [2.45, 2.75) is 50.7 Å². The summed E-state index contributed by atoms with van der Waals surface area (Å²) in [4.78, 5) is 10.6. The third kappa shape index (κ3) is 4.21. The number of carboxylic acid groups (broad SMARTS) is 1. The van der Waals surface area contributed by atoms with E-state index < -0.39 is 5.97 Å². The lowest BCUT2D eigenvalue weighted by Crippen LogP contribution is -2.11. The molecule has 1 heterocycles. The van der Waals surface area contributed by atoms with E-state index in [-0.39, 0.29) is 11.8 Å². The topological polar surface area (TPSA) is 94.0 Å². The van der Waals surface area contributed by atoms with Crippen LogP contribution in [-0.2, 0) is 4.79 Å². The van der Waals surface area contributed by atoms with Crippen molar-refractivity contribution in [1.29, 1.82) is 0 Å². The Labute approximate surface area is 111 Å². The van der Waals surface area contributed by atoms with E-state index in [0.29, 0.717) is 11.1 Å². The maximum absolute atomic E-state index is 10.6. The highest BCUT2D eigenvalue weighted by Gasteiger charge is 2.16. The Morgan fingerprint density at radius 2 is 2.22 bits per heavy atom. The summed E-state index contributed by atoms with van der Waals surface area (Å²) in [6.07, 6.45) is 4.48. The van der Waals surface area contributed by atoms with Gasteiger partial charge in [0.05, 0.1) is 5.75 Å². The molecule has 1 aromatic heterocycles. The van der Waals surface area contributed by atoms with Crippen LogP contribution in [0, 0.1) is 0 Å². The van der Waals surface area contributed by atoms with Crippen molar-refractivity contribution in [3.8, 4) is 0 Å². The molecule has 0 aliphatic heterocycles. The van der Waals surface area contributed by atoms with Crippen LogP contribution in [0.2, 0.25) is 0 Å². The number of rotatable bonds is 8. The van der Waals surface area contributed by atoms with Gasteiger partial charge in [0.25, 0.3) is 0 Å². The van der Waals surface area contributed by atoms with E-state index in [1.165, 1.54) is 12.8 Å². The van der Waals surface area contributed by atoms with Gasteiger partial charge in [0, 0.05) is 6.04 Å². The zero-order chi connectivity index (χ0) is 13.5. The molecular formula is C11H20N4O2S. The van der Waals surface area contributed by atoms with Gasteiger partial charge in [-0.3, -0.25) is 9.36 Å². The second-order valence-corrected chi connectivity index (χ2v) is 5.18. The first-order chi connectivity index (χ1) is 8.56. The molecule has 0 amide bonds. The first kappa shape index (κ1) is 14.8. The Morgan fingerprint density at radius 1 is 1.50 bits per heavy atom. The molecule has 1 rings (SSSR count). The van der Waals surface area contributed by atoms with Crippen molar-refractivity contribution in [1.82, 2.24) is 14.8 Å². The molecule has 0 aliphatic rings. The Morgan fingerprint density at radius 3 is 2.83 bits per heavy atom. The SMILES string of the molecule is CCCCCC(C)n1c(N)nnc1SCC(=O)O. The van der Waals surface area contributed by atoms with Gasteiger partial charge in [-0.25, -0.2) is 0 Å². The number of nitrogen functional groups attached to an aromatic ring is 1. The molecule has 6 nitrogen and oxygen atoms in total. The van der Waals surface area contributed by atoms with Crippen LogP contribution in [0.1, 0.15) is 45.6 Å². The molecule has 0 radical (unpaired) electrons. The number of nitrogens with two attached hydrogens (primary N) is 1. The van der Waals surface area contributed by atoms with Gasteiger partial charge in [0.2, 0.25) is 5.95 Å². The predicted octanol–water partition coefficient (Wildman–Crippen LogP) is 2.18. The molecule has 0 aromatic carbocycles. The van der Waals surface area contributed by atoms with E-state index in [2.05, 4.69) is 24.0 Å². The number of carboxylic acids is 1. The lowest BCUT2D eigenvalue weighted by Gasteiger charge is -2.15. The first-order valence-corrected chi connectivity index (χ1v) is 7.09. The standard InChI is InChI=1S/C11H20N4O2S/c1-3-4-5-6-8(2)15-10(12)13-14-11(15)18-7-9(16)17/h8H,3-7H2,1-2H3,(H2,12,13)(H,16,17).